The molecule has 1 fully saturated rings. The Balaban J connectivity index is 2.41. The van der Waals surface area contributed by atoms with Crippen molar-refractivity contribution >= 4 is 15.0 Å². The number of carbonyl (C=O) groups excluding carboxylic acids is 1. The van der Waals surface area contributed by atoms with Crippen molar-refractivity contribution < 1.29 is 19.1 Å². The Morgan fingerprint density at radius 1 is 1.16 bits per heavy atom. The van der Waals surface area contributed by atoms with E-state index in [1.54, 1.807) is 0 Å². The Morgan fingerprint density at radius 2 is 1.81 bits per heavy atom. The van der Waals surface area contributed by atoms with Gasteiger partial charge in [-0.15, -0.1) is 0 Å². The summed E-state index contributed by atoms with van der Waals surface area (Å²) < 4.78 is 10.8. The van der Waals surface area contributed by atoms with Gasteiger partial charge < -0.3 is 14.3 Å². The lowest BCUT2D eigenvalue weighted by Gasteiger charge is -2.35. The van der Waals surface area contributed by atoms with Crippen LogP contribution in [-0.2, 0) is 14.0 Å². The van der Waals surface area contributed by atoms with Gasteiger partial charge in [-0.1, -0.05) is 65.0 Å². The molecule has 5 heteroatoms. The summed E-state index contributed by atoms with van der Waals surface area (Å²) in [5.74, 6) is 0.623. The van der Waals surface area contributed by atoms with E-state index in [2.05, 4.69) is 46.0 Å². The first-order valence-corrected chi connectivity index (χ1v) is 16.0. The maximum absolute atomic E-state index is 11.9. The van der Waals surface area contributed by atoms with Gasteiger partial charge in [-0.05, 0) is 75.8 Å². The van der Waals surface area contributed by atoms with Crippen LogP contribution in [-0.4, -0.2) is 38.9 Å². The van der Waals surface area contributed by atoms with E-state index in [9.17, 15) is 9.90 Å². The molecule has 1 rings (SSSR count). The molecule has 0 amide bonds. The van der Waals surface area contributed by atoms with Crippen molar-refractivity contribution in [3.05, 3.63) is 12.2 Å². The summed E-state index contributed by atoms with van der Waals surface area (Å²) in [4.78, 5) is 11.9. The van der Waals surface area contributed by atoms with Gasteiger partial charge in [0.2, 0.25) is 0 Å². The Bertz CT molecular complexity index is 540. The fraction of sp³-hybridized carbons (Fsp3) is 0.889. The van der Waals surface area contributed by atoms with Crippen LogP contribution in [0.2, 0.25) is 13.1 Å². The second-order valence-electron chi connectivity index (χ2n) is 11.2. The van der Waals surface area contributed by atoms with Crippen molar-refractivity contribution in [1.29, 1.82) is 0 Å². The third-order valence-electron chi connectivity index (χ3n) is 6.73. The summed E-state index contributed by atoms with van der Waals surface area (Å²) >= 11 is 0. The molecule has 0 aliphatic heterocycles. The van der Waals surface area contributed by atoms with Crippen molar-refractivity contribution in [2.45, 2.75) is 123 Å². The van der Waals surface area contributed by atoms with Crippen LogP contribution in [0.15, 0.2) is 12.2 Å². The molecular weight excluding hydrogens is 416 g/mol. The molecule has 0 radical (unpaired) electrons. The van der Waals surface area contributed by atoms with Crippen molar-refractivity contribution in [2.24, 2.45) is 17.3 Å². The second kappa shape index (κ2) is 15.3. The maximum Gasteiger partial charge on any atom is 0.308 e. The average molecular weight is 469 g/mol. The van der Waals surface area contributed by atoms with E-state index in [1.165, 1.54) is 44.9 Å². The molecule has 1 N–H and O–H groups in total. The van der Waals surface area contributed by atoms with Gasteiger partial charge in [0.1, 0.15) is 0 Å². The monoisotopic (exact) mass is 468 g/mol. The normalized spacial score (nSPS) is 23.1. The number of aliphatic hydroxyl groups is 1. The zero-order chi connectivity index (χ0) is 24.0. The summed E-state index contributed by atoms with van der Waals surface area (Å²) in [7, 11) is -0.845. The van der Waals surface area contributed by atoms with E-state index < -0.39 is 14.6 Å². The zero-order valence-corrected chi connectivity index (χ0v) is 23.1. The van der Waals surface area contributed by atoms with E-state index >= 15 is 0 Å². The highest BCUT2D eigenvalue weighted by molar-refractivity contribution is 6.48. The highest BCUT2D eigenvalue weighted by Gasteiger charge is 2.36. The van der Waals surface area contributed by atoms with Crippen LogP contribution >= 0.6 is 0 Å². The zero-order valence-electron chi connectivity index (χ0n) is 22.0. The molecule has 1 saturated carbocycles. The quantitative estimate of drug-likeness (QED) is 0.124. The molecule has 188 valence electrons. The van der Waals surface area contributed by atoms with Crippen LogP contribution in [0.3, 0.4) is 0 Å². The third-order valence-corrected chi connectivity index (χ3v) is 7.63. The maximum atomic E-state index is 11.9. The lowest BCUT2D eigenvalue weighted by atomic mass is 9.74. The molecule has 0 aromatic rings. The van der Waals surface area contributed by atoms with Crippen LogP contribution < -0.4 is 0 Å². The first-order valence-electron chi connectivity index (χ1n) is 13.2. The molecule has 1 aliphatic carbocycles. The third kappa shape index (κ3) is 13.2. The highest BCUT2D eigenvalue weighted by Crippen LogP contribution is 2.37. The smallest absolute Gasteiger partial charge is 0.308 e. The van der Waals surface area contributed by atoms with Gasteiger partial charge in [0.25, 0.3) is 0 Å². The number of allylic oxidation sites excluding steroid dienone is 2. The van der Waals surface area contributed by atoms with E-state index in [0.717, 1.165) is 19.4 Å². The van der Waals surface area contributed by atoms with Crippen molar-refractivity contribution in [2.75, 3.05) is 13.2 Å². The van der Waals surface area contributed by atoms with Gasteiger partial charge in [0.15, 0.2) is 9.04 Å². The first kappa shape index (κ1) is 29.4. The number of ether oxygens (including phenoxy) is 1. The first-order chi connectivity index (χ1) is 15.1. The van der Waals surface area contributed by atoms with Gasteiger partial charge in [-0.2, -0.15) is 0 Å². The number of unbranched alkanes of at least 4 members (excludes halogenated alkanes) is 5. The van der Waals surface area contributed by atoms with E-state index in [-0.39, 0.29) is 17.8 Å². The molecule has 0 aromatic carbocycles. The van der Waals surface area contributed by atoms with Crippen molar-refractivity contribution in [3.63, 3.8) is 0 Å². The predicted molar refractivity (Wildman–Crippen MR) is 137 cm³/mol. The summed E-state index contributed by atoms with van der Waals surface area (Å²) in [5.41, 5.74) is -0.663. The molecule has 4 nitrogen and oxygen atoms in total. The van der Waals surface area contributed by atoms with Crippen molar-refractivity contribution in [1.82, 2.24) is 0 Å². The van der Waals surface area contributed by atoms with E-state index in [0.29, 0.717) is 31.3 Å². The molecule has 3 atom stereocenters. The van der Waals surface area contributed by atoms with Gasteiger partial charge in [0, 0.05) is 6.61 Å². The molecule has 0 saturated heterocycles. The Kier molecular flexibility index (Phi) is 14.0. The molecule has 1 aliphatic rings. The van der Waals surface area contributed by atoms with Crippen LogP contribution in [0.1, 0.15) is 105 Å². The molecule has 0 heterocycles. The lowest BCUT2D eigenvalue weighted by molar-refractivity contribution is -0.150. The molecular formula is C27H52O4Si. The molecule has 3 unspecified atom stereocenters. The SMILES string of the molecule is CCOC(=O)CC1(O)CCCC(C=CC(CCCCCCCCO[SiH](C)C)C(C)(C)C)C1. The lowest BCUT2D eigenvalue weighted by Crippen LogP contribution is -2.37. The average Bonchev–Trinajstić information content (AvgIpc) is 2.67. The molecule has 0 aromatic heterocycles. The molecule has 0 spiro atoms. The second-order valence-corrected chi connectivity index (χ2v) is 13.7. The van der Waals surface area contributed by atoms with Gasteiger partial charge in [-0.3, -0.25) is 4.79 Å². The number of carbonyl (C=O) groups is 1. The number of rotatable bonds is 15. The predicted octanol–water partition coefficient (Wildman–Crippen LogP) is 6.81. The van der Waals surface area contributed by atoms with Crippen LogP contribution in [0.5, 0.6) is 0 Å². The minimum atomic E-state index is -0.904. The fourth-order valence-electron chi connectivity index (χ4n) is 4.79. The largest absolute Gasteiger partial charge is 0.466 e. The van der Waals surface area contributed by atoms with Gasteiger partial charge in [-0.25, -0.2) is 0 Å². The van der Waals surface area contributed by atoms with Crippen LogP contribution in [0.4, 0.5) is 0 Å². The minimum absolute atomic E-state index is 0.124. The fourth-order valence-corrected chi connectivity index (χ4v) is 5.43. The highest BCUT2D eigenvalue weighted by atomic mass is 28.3. The standard InChI is InChI=1S/C27H52O4Si/c1-7-30-25(28)22-27(29)19-14-15-23(21-27)17-18-24(26(2,3)4)16-12-10-8-9-11-13-20-31-32(5)6/h17-18,23-24,29,32H,7-16,19-22H2,1-6H3. The molecule has 32 heavy (non-hydrogen) atoms. The topological polar surface area (TPSA) is 55.8 Å². The Morgan fingerprint density at radius 3 is 2.44 bits per heavy atom. The number of hydrogen-bond acceptors (Lipinski definition) is 4. The van der Waals surface area contributed by atoms with Gasteiger partial charge in [0.05, 0.1) is 18.6 Å². The van der Waals surface area contributed by atoms with E-state index in [1.807, 2.05) is 6.92 Å². The summed E-state index contributed by atoms with van der Waals surface area (Å²) in [6.07, 6.45) is 17.3. The number of esters is 1. The van der Waals surface area contributed by atoms with Crippen LogP contribution in [0, 0.1) is 17.3 Å². The number of hydrogen-bond donors (Lipinski definition) is 1. The van der Waals surface area contributed by atoms with Crippen LogP contribution in [0.25, 0.3) is 0 Å². The Labute approximate surface area is 200 Å². The minimum Gasteiger partial charge on any atom is -0.466 e. The van der Waals surface area contributed by atoms with Gasteiger partial charge >= 0.3 is 5.97 Å². The summed E-state index contributed by atoms with van der Waals surface area (Å²) in [6.45, 7) is 14.6. The summed E-state index contributed by atoms with van der Waals surface area (Å²) in [6, 6.07) is 0. The Hall–Kier alpha value is -0.653. The summed E-state index contributed by atoms with van der Waals surface area (Å²) in [5, 5.41) is 10.9. The van der Waals surface area contributed by atoms with Crippen molar-refractivity contribution in [3.8, 4) is 0 Å². The van der Waals surface area contributed by atoms with E-state index in [4.69, 9.17) is 9.16 Å². The molecule has 0 bridgehead atoms.